The monoisotopic (exact) mass is 358 g/mol. The van der Waals surface area contributed by atoms with Crippen LogP contribution < -0.4 is 14.4 Å². The quantitative estimate of drug-likeness (QED) is 0.839. The molecule has 8 heteroatoms. The van der Waals surface area contributed by atoms with Gasteiger partial charge in [-0.05, 0) is 24.1 Å². The smallest absolute Gasteiger partial charge is 0.356 e. The maximum atomic E-state index is 11.1. The molecule has 3 heterocycles. The highest BCUT2D eigenvalue weighted by Crippen LogP contribution is 2.25. The maximum Gasteiger partial charge on any atom is 0.356 e. The SMILES string of the molecule is CCc1cc(C(=O)O)nnc1N1CCC(Oc2ccc(OC)nc2)CC1. The Morgan fingerprint density at radius 2 is 2.08 bits per heavy atom. The van der Waals surface area contributed by atoms with Crippen molar-refractivity contribution in [2.75, 3.05) is 25.1 Å². The van der Waals surface area contributed by atoms with E-state index in [0.29, 0.717) is 12.3 Å². The molecule has 0 atom stereocenters. The lowest BCUT2D eigenvalue weighted by molar-refractivity contribution is 0.0689. The van der Waals surface area contributed by atoms with Crippen LogP contribution in [0.2, 0.25) is 0 Å². The van der Waals surface area contributed by atoms with E-state index in [1.807, 2.05) is 13.0 Å². The van der Waals surface area contributed by atoms with E-state index in [0.717, 1.165) is 43.1 Å². The van der Waals surface area contributed by atoms with E-state index >= 15 is 0 Å². The van der Waals surface area contributed by atoms with Crippen LogP contribution in [0.4, 0.5) is 5.82 Å². The summed E-state index contributed by atoms with van der Waals surface area (Å²) in [5.74, 6) is 0.993. The molecule has 2 aromatic heterocycles. The number of methoxy groups -OCH3 is 1. The summed E-state index contributed by atoms with van der Waals surface area (Å²) in [7, 11) is 1.58. The molecule has 3 rings (SSSR count). The first kappa shape index (κ1) is 17.9. The molecule has 0 amide bonds. The molecule has 0 spiro atoms. The van der Waals surface area contributed by atoms with Crippen molar-refractivity contribution >= 4 is 11.8 Å². The van der Waals surface area contributed by atoms with E-state index in [1.54, 1.807) is 25.4 Å². The zero-order valence-corrected chi connectivity index (χ0v) is 14.9. The molecule has 26 heavy (non-hydrogen) atoms. The number of carboxylic acids is 1. The second-order valence-electron chi connectivity index (χ2n) is 6.08. The van der Waals surface area contributed by atoms with Gasteiger partial charge in [-0.3, -0.25) is 0 Å². The third kappa shape index (κ3) is 4.01. The average Bonchev–Trinajstić information content (AvgIpc) is 2.68. The summed E-state index contributed by atoms with van der Waals surface area (Å²) in [4.78, 5) is 17.4. The Bertz CT molecular complexity index is 758. The van der Waals surface area contributed by atoms with E-state index < -0.39 is 5.97 Å². The van der Waals surface area contributed by atoms with Crippen molar-refractivity contribution < 1.29 is 19.4 Å². The highest BCUT2D eigenvalue weighted by Gasteiger charge is 2.24. The molecule has 1 fully saturated rings. The zero-order chi connectivity index (χ0) is 18.5. The topological polar surface area (TPSA) is 97.7 Å². The molecule has 0 aromatic carbocycles. The maximum absolute atomic E-state index is 11.1. The van der Waals surface area contributed by atoms with Crippen LogP contribution in [0.5, 0.6) is 11.6 Å². The first-order chi connectivity index (χ1) is 12.6. The number of aromatic nitrogens is 3. The van der Waals surface area contributed by atoms with Crippen LogP contribution >= 0.6 is 0 Å². The van der Waals surface area contributed by atoms with Gasteiger partial charge in [-0.25, -0.2) is 9.78 Å². The van der Waals surface area contributed by atoms with Crippen LogP contribution in [0, 0.1) is 0 Å². The van der Waals surface area contributed by atoms with Crippen molar-refractivity contribution in [3.63, 3.8) is 0 Å². The van der Waals surface area contributed by atoms with Crippen molar-refractivity contribution in [3.05, 3.63) is 35.7 Å². The van der Waals surface area contributed by atoms with Gasteiger partial charge in [-0.2, -0.15) is 0 Å². The second-order valence-corrected chi connectivity index (χ2v) is 6.08. The molecule has 1 aliphatic rings. The minimum Gasteiger partial charge on any atom is -0.489 e. The molecule has 0 aliphatic carbocycles. The normalized spacial score (nSPS) is 14.9. The number of hydrogen-bond acceptors (Lipinski definition) is 7. The van der Waals surface area contributed by atoms with Crippen LogP contribution in [0.15, 0.2) is 24.4 Å². The fourth-order valence-corrected chi connectivity index (χ4v) is 2.99. The van der Waals surface area contributed by atoms with E-state index in [2.05, 4.69) is 20.1 Å². The number of piperidine rings is 1. The lowest BCUT2D eigenvalue weighted by Gasteiger charge is -2.33. The van der Waals surface area contributed by atoms with Crippen LogP contribution in [0.1, 0.15) is 35.8 Å². The first-order valence-corrected chi connectivity index (χ1v) is 8.62. The number of aromatic carboxylic acids is 1. The molecule has 1 N–H and O–H groups in total. The zero-order valence-electron chi connectivity index (χ0n) is 14.9. The summed E-state index contributed by atoms with van der Waals surface area (Å²) in [6, 6.07) is 5.23. The third-order valence-electron chi connectivity index (χ3n) is 4.41. The molecule has 0 unspecified atom stereocenters. The van der Waals surface area contributed by atoms with Gasteiger partial charge in [0.2, 0.25) is 5.88 Å². The number of nitrogens with zero attached hydrogens (tertiary/aromatic N) is 4. The Kier molecular flexibility index (Phi) is 5.50. The van der Waals surface area contributed by atoms with Gasteiger partial charge in [-0.1, -0.05) is 6.92 Å². The minimum atomic E-state index is -1.06. The molecule has 2 aromatic rings. The van der Waals surface area contributed by atoms with Crippen LogP contribution in [0.3, 0.4) is 0 Å². The Morgan fingerprint density at radius 1 is 1.31 bits per heavy atom. The van der Waals surface area contributed by atoms with E-state index in [-0.39, 0.29) is 11.8 Å². The van der Waals surface area contributed by atoms with Crippen LogP contribution in [-0.2, 0) is 6.42 Å². The molecular weight excluding hydrogens is 336 g/mol. The van der Waals surface area contributed by atoms with Gasteiger partial charge in [0.25, 0.3) is 0 Å². The summed E-state index contributed by atoms with van der Waals surface area (Å²) >= 11 is 0. The summed E-state index contributed by atoms with van der Waals surface area (Å²) in [5.41, 5.74) is 0.881. The predicted octanol–water partition coefficient (Wildman–Crippen LogP) is 2.19. The van der Waals surface area contributed by atoms with Crippen molar-refractivity contribution in [2.24, 2.45) is 0 Å². The molecule has 138 valence electrons. The lowest BCUT2D eigenvalue weighted by Crippen LogP contribution is -2.39. The number of rotatable bonds is 6. The van der Waals surface area contributed by atoms with Gasteiger partial charge in [-0.15, -0.1) is 10.2 Å². The van der Waals surface area contributed by atoms with Gasteiger partial charge < -0.3 is 19.5 Å². The van der Waals surface area contributed by atoms with Crippen molar-refractivity contribution in [1.82, 2.24) is 15.2 Å². The predicted molar refractivity (Wildman–Crippen MR) is 95.0 cm³/mol. The fraction of sp³-hybridized carbons (Fsp3) is 0.444. The number of pyridine rings is 1. The molecular formula is C18H22N4O4. The number of hydrogen-bond donors (Lipinski definition) is 1. The number of carbonyl (C=O) groups is 1. The molecule has 0 saturated carbocycles. The van der Waals surface area contributed by atoms with Gasteiger partial charge in [0, 0.05) is 32.0 Å². The van der Waals surface area contributed by atoms with Gasteiger partial charge in [0.1, 0.15) is 11.9 Å². The van der Waals surface area contributed by atoms with Gasteiger partial charge >= 0.3 is 5.97 Å². The number of carboxylic acid groups (broad SMARTS) is 1. The summed E-state index contributed by atoms with van der Waals surface area (Å²) in [6.07, 6.45) is 4.17. The lowest BCUT2D eigenvalue weighted by atomic mass is 10.1. The van der Waals surface area contributed by atoms with E-state index in [4.69, 9.17) is 14.6 Å². The first-order valence-electron chi connectivity index (χ1n) is 8.62. The molecule has 0 radical (unpaired) electrons. The molecule has 1 aliphatic heterocycles. The summed E-state index contributed by atoms with van der Waals surface area (Å²) in [6.45, 7) is 3.55. The second kappa shape index (κ2) is 7.99. The standard InChI is InChI=1S/C18H22N4O4/c1-3-12-10-15(18(23)24)20-21-17(12)22-8-6-13(7-9-22)26-14-4-5-16(25-2)19-11-14/h4-5,10-11,13H,3,6-9H2,1-2H3,(H,23,24). The highest BCUT2D eigenvalue weighted by molar-refractivity contribution is 5.85. The number of anilines is 1. The van der Waals surface area contributed by atoms with Crippen LogP contribution in [0.25, 0.3) is 0 Å². The van der Waals surface area contributed by atoms with E-state index in [1.165, 1.54) is 0 Å². The Labute approximate surface area is 151 Å². The number of ether oxygens (including phenoxy) is 2. The van der Waals surface area contributed by atoms with Crippen molar-refractivity contribution in [3.8, 4) is 11.6 Å². The highest BCUT2D eigenvalue weighted by atomic mass is 16.5. The molecule has 1 saturated heterocycles. The summed E-state index contributed by atoms with van der Waals surface area (Å²) < 4.78 is 11.0. The Balaban J connectivity index is 1.62. The van der Waals surface area contributed by atoms with Crippen molar-refractivity contribution in [2.45, 2.75) is 32.3 Å². The number of aryl methyl sites for hydroxylation is 1. The third-order valence-corrected chi connectivity index (χ3v) is 4.41. The van der Waals surface area contributed by atoms with Crippen molar-refractivity contribution in [1.29, 1.82) is 0 Å². The molecule has 0 bridgehead atoms. The molecule has 8 nitrogen and oxygen atoms in total. The van der Waals surface area contributed by atoms with E-state index in [9.17, 15) is 4.79 Å². The average molecular weight is 358 g/mol. The fourth-order valence-electron chi connectivity index (χ4n) is 2.99. The van der Waals surface area contributed by atoms with Gasteiger partial charge in [0.05, 0.1) is 13.3 Å². The Morgan fingerprint density at radius 3 is 2.65 bits per heavy atom. The summed E-state index contributed by atoms with van der Waals surface area (Å²) in [5, 5.41) is 17.0. The largest absolute Gasteiger partial charge is 0.489 e. The van der Waals surface area contributed by atoms with Gasteiger partial charge in [0.15, 0.2) is 11.5 Å². The minimum absolute atomic E-state index is 0.0178. The Hall–Kier alpha value is -2.90. The van der Waals surface area contributed by atoms with Crippen LogP contribution in [-0.4, -0.2) is 52.6 Å².